The molecule has 7 nitrogen and oxygen atoms in total. The minimum Gasteiger partial charge on any atom is -0.465 e. The molecule has 0 aliphatic heterocycles. The van der Waals surface area contributed by atoms with Crippen molar-refractivity contribution in [2.24, 2.45) is 0 Å². The molecule has 0 saturated heterocycles. The summed E-state index contributed by atoms with van der Waals surface area (Å²) in [5.74, 6) is -0.380. The van der Waals surface area contributed by atoms with Crippen LogP contribution in [0.15, 0.2) is 41.8 Å². The molecule has 0 aliphatic carbocycles. The smallest absolute Gasteiger partial charge is 0.325 e. The van der Waals surface area contributed by atoms with Crippen LogP contribution >= 0.6 is 11.8 Å². The molecule has 2 rings (SSSR count). The van der Waals surface area contributed by atoms with Crippen LogP contribution in [0.25, 0.3) is 0 Å². The van der Waals surface area contributed by atoms with Gasteiger partial charge in [0.15, 0.2) is 5.16 Å². The highest BCUT2D eigenvalue weighted by Gasteiger charge is 2.20. The number of thioether (sulfide) groups is 1. The summed E-state index contributed by atoms with van der Waals surface area (Å²) >= 11 is 1.32. The fourth-order valence-electron chi connectivity index (χ4n) is 2.31. The van der Waals surface area contributed by atoms with E-state index < -0.39 is 5.97 Å². The molecule has 26 heavy (non-hydrogen) atoms. The van der Waals surface area contributed by atoms with Crippen LogP contribution in [0.5, 0.6) is 0 Å². The largest absolute Gasteiger partial charge is 0.465 e. The van der Waals surface area contributed by atoms with Gasteiger partial charge in [-0.3, -0.25) is 9.59 Å². The molecule has 8 heteroatoms. The number of hydrogen-bond donors (Lipinski definition) is 0. The second-order valence-corrected chi connectivity index (χ2v) is 6.89. The minimum atomic E-state index is -0.410. The first kappa shape index (κ1) is 20.0. The Morgan fingerprint density at radius 3 is 2.65 bits per heavy atom. The first-order valence-corrected chi connectivity index (χ1v) is 9.49. The van der Waals surface area contributed by atoms with Gasteiger partial charge in [0.25, 0.3) is 0 Å². The molecule has 1 amide bonds. The lowest BCUT2D eigenvalue weighted by Crippen LogP contribution is -2.37. The molecule has 0 atom stereocenters. The maximum absolute atomic E-state index is 12.7. The number of nitrogens with zero attached hydrogens (tertiary/aromatic N) is 4. The van der Waals surface area contributed by atoms with Crippen molar-refractivity contribution in [3.8, 4) is 0 Å². The highest BCUT2D eigenvalue weighted by Crippen LogP contribution is 2.19. The van der Waals surface area contributed by atoms with Gasteiger partial charge in [-0.25, -0.2) is 0 Å². The van der Waals surface area contributed by atoms with E-state index in [-0.39, 0.29) is 24.2 Å². The van der Waals surface area contributed by atoms with Crippen LogP contribution in [0.1, 0.15) is 32.4 Å². The fraction of sp³-hybridized carbons (Fsp3) is 0.444. The lowest BCUT2D eigenvalue weighted by atomic mass is 10.2. The molecule has 0 bridgehead atoms. The normalized spacial score (nSPS) is 10.8. The fourth-order valence-corrected chi connectivity index (χ4v) is 3.25. The molecule has 0 fully saturated rings. The number of ether oxygens (including phenoxy) is 1. The summed E-state index contributed by atoms with van der Waals surface area (Å²) in [6, 6.07) is 9.78. The Labute approximate surface area is 157 Å². The van der Waals surface area contributed by atoms with Gasteiger partial charge < -0.3 is 14.2 Å². The Kier molecular flexibility index (Phi) is 7.65. The molecule has 1 heterocycles. The Bertz CT molecular complexity index is 718. The van der Waals surface area contributed by atoms with E-state index in [1.165, 1.54) is 16.7 Å². The molecule has 140 valence electrons. The molecular weight excluding hydrogens is 352 g/mol. The van der Waals surface area contributed by atoms with Crippen molar-refractivity contribution in [3.05, 3.63) is 42.2 Å². The number of esters is 1. The molecule has 0 radical (unpaired) electrons. The van der Waals surface area contributed by atoms with E-state index in [9.17, 15) is 9.59 Å². The summed E-state index contributed by atoms with van der Waals surface area (Å²) in [5.41, 5.74) is 0.959. The Morgan fingerprint density at radius 2 is 2.00 bits per heavy atom. The lowest BCUT2D eigenvalue weighted by molar-refractivity contribution is -0.148. The first-order valence-electron chi connectivity index (χ1n) is 8.50. The van der Waals surface area contributed by atoms with Gasteiger partial charge in [-0.15, -0.1) is 10.2 Å². The zero-order valence-electron chi connectivity index (χ0n) is 15.3. The van der Waals surface area contributed by atoms with Gasteiger partial charge in [-0.2, -0.15) is 0 Å². The van der Waals surface area contributed by atoms with Crippen LogP contribution < -0.4 is 0 Å². The van der Waals surface area contributed by atoms with Crippen LogP contribution in [-0.4, -0.2) is 50.4 Å². The third kappa shape index (κ3) is 5.87. The third-order valence-electron chi connectivity index (χ3n) is 3.62. The lowest BCUT2D eigenvalue weighted by Gasteiger charge is -2.22. The van der Waals surface area contributed by atoms with E-state index in [4.69, 9.17) is 4.74 Å². The predicted molar refractivity (Wildman–Crippen MR) is 99.6 cm³/mol. The average molecular weight is 376 g/mol. The summed E-state index contributed by atoms with van der Waals surface area (Å²) in [6.07, 6.45) is 1.65. The summed E-state index contributed by atoms with van der Waals surface area (Å²) in [7, 11) is 0. The molecule has 0 unspecified atom stereocenters. The van der Waals surface area contributed by atoms with Gasteiger partial charge in [0.2, 0.25) is 5.91 Å². The molecule has 1 aromatic carbocycles. The molecule has 0 saturated carbocycles. The summed E-state index contributed by atoms with van der Waals surface area (Å²) in [5, 5.41) is 8.64. The van der Waals surface area contributed by atoms with E-state index in [1.807, 2.05) is 48.7 Å². The molecule has 0 aliphatic rings. The summed E-state index contributed by atoms with van der Waals surface area (Å²) in [4.78, 5) is 26.1. The number of benzene rings is 1. The average Bonchev–Trinajstić information content (AvgIpc) is 3.09. The van der Waals surface area contributed by atoms with Gasteiger partial charge in [0.05, 0.1) is 12.4 Å². The van der Waals surface area contributed by atoms with Crippen LogP contribution in [0.2, 0.25) is 0 Å². The van der Waals surface area contributed by atoms with Crippen molar-refractivity contribution in [1.29, 1.82) is 0 Å². The zero-order chi connectivity index (χ0) is 18.9. The van der Waals surface area contributed by atoms with Crippen LogP contribution in [0, 0.1) is 0 Å². The molecule has 0 spiro atoms. The number of rotatable bonds is 9. The van der Waals surface area contributed by atoms with Crippen molar-refractivity contribution in [2.75, 3.05) is 18.9 Å². The van der Waals surface area contributed by atoms with E-state index in [0.29, 0.717) is 18.3 Å². The monoisotopic (exact) mass is 376 g/mol. The standard InChI is InChI=1S/C18H24N4O3S/c1-4-25-17(24)11-21(10-15-8-6-5-7-9-15)16(23)12-26-18-20-19-13-22(18)14(2)3/h5-9,13-14H,4,10-12H2,1-3H3. The topological polar surface area (TPSA) is 77.3 Å². The molecular formula is C18H24N4O3S. The van der Waals surface area contributed by atoms with Crippen molar-refractivity contribution in [2.45, 2.75) is 38.5 Å². The van der Waals surface area contributed by atoms with E-state index in [2.05, 4.69) is 10.2 Å². The SMILES string of the molecule is CCOC(=O)CN(Cc1ccccc1)C(=O)CSc1nncn1C(C)C. The number of hydrogen-bond acceptors (Lipinski definition) is 6. The van der Waals surface area contributed by atoms with Gasteiger partial charge in [-0.05, 0) is 26.3 Å². The molecule has 0 N–H and O–H groups in total. The number of carbonyl (C=O) groups excluding carboxylic acids is 2. The number of aromatic nitrogens is 3. The summed E-state index contributed by atoms with van der Waals surface area (Å²) < 4.78 is 6.90. The van der Waals surface area contributed by atoms with Gasteiger partial charge >= 0.3 is 5.97 Å². The van der Waals surface area contributed by atoms with Crippen molar-refractivity contribution in [3.63, 3.8) is 0 Å². The van der Waals surface area contributed by atoms with Crippen LogP contribution in [0.4, 0.5) is 0 Å². The Balaban J connectivity index is 2.04. The maximum atomic E-state index is 12.7. The summed E-state index contributed by atoms with van der Waals surface area (Å²) in [6.45, 7) is 6.37. The third-order valence-corrected chi connectivity index (χ3v) is 4.56. The quantitative estimate of drug-likeness (QED) is 0.494. The highest BCUT2D eigenvalue weighted by molar-refractivity contribution is 7.99. The highest BCUT2D eigenvalue weighted by atomic mass is 32.2. The maximum Gasteiger partial charge on any atom is 0.325 e. The van der Waals surface area contributed by atoms with E-state index >= 15 is 0 Å². The Morgan fingerprint density at radius 1 is 1.27 bits per heavy atom. The van der Waals surface area contributed by atoms with E-state index in [1.54, 1.807) is 13.3 Å². The Hall–Kier alpha value is -2.35. The first-order chi connectivity index (χ1) is 12.5. The second kappa shape index (κ2) is 9.96. The number of amides is 1. The zero-order valence-corrected chi connectivity index (χ0v) is 16.1. The molecule has 1 aromatic heterocycles. The van der Waals surface area contributed by atoms with Crippen molar-refractivity contribution < 1.29 is 14.3 Å². The second-order valence-electron chi connectivity index (χ2n) is 5.94. The minimum absolute atomic E-state index is 0.0704. The van der Waals surface area contributed by atoms with Gasteiger partial charge in [0, 0.05) is 12.6 Å². The van der Waals surface area contributed by atoms with Crippen molar-refractivity contribution >= 4 is 23.6 Å². The van der Waals surface area contributed by atoms with Crippen molar-refractivity contribution in [1.82, 2.24) is 19.7 Å². The van der Waals surface area contributed by atoms with Crippen LogP contribution in [-0.2, 0) is 20.9 Å². The van der Waals surface area contributed by atoms with Gasteiger partial charge in [0.1, 0.15) is 12.9 Å². The van der Waals surface area contributed by atoms with E-state index in [0.717, 1.165) is 5.56 Å². The van der Waals surface area contributed by atoms with Gasteiger partial charge in [-0.1, -0.05) is 42.1 Å². The number of carbonyl (C=O) groups is 2. The van der Waals surface area contributed by atoms with Crippen LogP contribution in [0.3, 0.4) is 0 Å². The molecule has 2 aromatic rings. The predicted octanol–water partition coefficient (Wildman–Crippen LogP) is 2.54.